The van der Waals surface area contributed by atoms with E-state index in [1.165, 1.54) is 0 Å². The van der Waals surface area contributed by atoms with Gasteiger partial charge in [0, 0.05) is 19.1 Å². The molecule has 2 atom stereocenters. The number of nitrogens with two attached hydrogens (primary N) is 1. The fourth-order valence-corrected chi connectivity index (χ4v) is 1.07. The largest absolute Gasteiger partial charge is 0.409 e. The summed E-state index contributed by atoms with van der Waals surface area (Å²) >= 11 is 0. The van der Waals surface area contributed by atoms with Gasteiger partial charge in [0.05, 0.1) is 0 Å². The number of nitrogens with one attached hydrogen (secondary N) is 1. The van der Waals surface area contributed by atoms with E-state index >= 15 is 0 Å². The van der Waals surface area contributed by atoms with E-state index in [4.69, 9.17) is 16.0 Å². The van der Waals surface area contributed by atoms with E-state index in [-0.39, 0.29) is 18.4 Å². The monoisotopic (exact) mass is 203 g/mol. The van der Waals surface area contributed by atoms with Crippen LogP contribution in [0.25, 0.3) is 0 Å². The van der Waals surface area contributed by atoms with Gasteiger partial charge in [-0.05, 0) is 18.9 Å². The van der Waals surface area contributed by atoms with Gasteiger partial charge < -0.3 is 21.4 Å². The molecular weight excluding hydrogens is 182 g/mol. The Morgan fingerprint density at radius 3 is 2.57 bits per heavy atom. The van der Waals surface area contributed by atoms with E-state index < -0.39 is 0 Å². The Kier molecular flexibility index (Phi) is 7.14. The number of hydrogen-bond donors (Lipinski definition) is 4. The lowest BCUT2D eigenvalue weighted by molar-refractivity contribution is 0.260. The van der Waals surface area contributed by atoms with Gasteiger partial charge in [-0.2, -0.15) is 0 Å². The third-order valence-electron chi connectivity index (χ3n) is 2.19. The molecule has 0 aromatic heterocycles. The first-order chi connectivity index (χ1) is 6.61. The number of hydrogen-bond acceptors (Lipinski definition) is 4. The molecule has 0 rings (SSSR count). The quantitative estimate of drug-likeness (QED) is 0.202. The van der Waals surface area contributed by atoms with Gasteiger partial charge in [-0.3, -0.25) is 0 Å². The minimum atomic E-state index is 0.0290. The van der Waals surface area contributed by atoms with Crippen LogP contribution in [0.3, 0.4) is 0 Å². The fourth-order valence-electron chi connectivity index (χ4n) is 1.07. The number of oxime groups is 1. The van der Waals surface area contributed by atoms with Crippen molar-refractivity contribution >= 4 is 5.84 Å². The molecule has 0 fully saturated rings. The van der Waals surface area contributed by atoms with Crippen molar-refractivity contribution in [2.75, 3.05) is 19.7 Å². The summed E-state index contributed by atoms with van der Waals surface area (Å²) in [6.07, 6.45) is 0.797. The van der Waals surface area contributed by atoms with Gasteiger partial charge in [-0.25, -0.2) is 0 Å². The van der Waals surface area contributed by atoms with Crippen LogP contribution in [0.15, 0.2) is 5.16 Å². The van der Waals surface area contributed by atoms with Crippen LogP contribution in [-0.2, 0) is 0 Å². The highest BCUT2D eigenvalue weighted by Gasteiger charge is 2.07. The summed E-state index contributed by atoms with van der Waals surface area (Å²) in [5.74, 6) is 0.716. The van der Waals surface area contributed by atoms with Gasteiger partial charge in [-0.1, -0.05) is 19.0 Å². The number of amidine groups is 1. The van der Waals surface area contributed by atoms with Crippen LogP contribution in [0.4, 0.5) is 0 Å². The van der Waals surface area contributed by atoms with Crippen LogP contribution in [-0.4, -0.2) is 35.8 Å². The second-order valence-electron chi connectivity index (χ2n) is 3.70. The van der Waals surface area contributed by atoms with Crippen LogP contribution >= 0.6 is 0 Å². The first kappa shape index (κ1) is 13.2. The maximum absolute atomic E-state index is 8.67. The summed E-state index contributed by atoms with van der Waals surface area (Å²) in [6.45, 7) is 5.70. The molecule has 0 saturated carbocycles. The maximum Gasteiger partial charge on any atom is 0.143 e. The van der Waals surface area contributed by atoms with E-state index in [0.29, 0.717) is 12.5 Å². The van der Waals surface area contributed by atoms with Gasteiger partial charge in [0.2, 0.25) is 0 Å². The normalized spacial score (nSPS) is 16.6. The molecule has 0 saturated heterocycles. The predicted molar refractivity (Wildman–Crippen MR) is 56.3 cm³/mol. The van der Waals surface area contributed by atoms with Crippen molar-refractivity contribution in [2.45, 2.75) is 20.3 Å². The highest BCUT2D eigenvalue weighted by atomic mass is 16.4. The molecule has 0 heterocycles. The number of aliphatic hydroxyl groups excluding tert-OH is 1. The summed E-state index contributed by atoms with van der Waals surface area (Å²) in [5, 5.41) is 23.2. The van der Waals surface area contributed by atoms with Crippen LogP contribution in [0.2, 0.25) is 0 Å². The molecule has 84 valence electrons. The summed E-state index contributed by atoms with van der Waals surface area (Å²) in [6, 6.07) is 0. The molecule has 0 aromatic carbocycles. The third kappa shape index (κ3) is 5.77. The summed E-state index contributed by atoms with van der Waals surface area (Å²) in [7, 11) is 0. The van der Waals surface area contributed by atoms with Crippen molar-refractivity contribution in [3.8, 4) is 0 Å². The van der Waals surface area contributed by atoms with Gasteiger partial charge in [0.1, 0.15) is 5.84 Å². The Morgan fingerprint density at radius 1 is 1.43 bits per heavy atom. The molecule has 0 aliphatic rings. The van der Waals surface area contributed by atoms with E-state index in [0.717, 1.165) is 13.0 Å². The second kappa shape index (κ2) is 7.58. The number of rotatable bonds is 7. The fraction of sp³-hybridized carbons (Fsp3) is 0.889. The van der Waals surface area contributed by atoms with Gasteiger partial charge in [0.15, 0.2) is 0 Å². The Morgan fingerprint density at radius 2 is 2.07 bits per heavy atom. The average molecular weight is 203 g/mol. The van der Waals surface area contributed by atoms with E-state index in [2.05, 4.69) is 17.4 Å². The zero-order valence-electron chi connectivity index (χ0n) is 8.90. The van der Waals surface area contributed by atoms with Crippen molar-refractivity contribution in [3.63, 3.8) is 0 Å². The van der Waals surface area contributed by atoms with Gasteiger partial charge in [-0.15, -0.1) is 0 Å². The lowest BCUT2D eigenvalue weighted by Gasteiger charge is -2.14. The molecule has 0 bridgehead atoms. The third-order valence-corrected chi connectivity index (χ3v) is 2.19. The number of nitrogens with zero attached hydrogens (tertiary/aromatic N) is 1. The molecule has 0 aliphatic heterocycles. The topological polar surface area (TPSA) is 90.9 Å². The van der Waals surface area contributed by atoms with E-state index in [1.54, 1.807) is 0 Å². The van der Waals surface area contributed by atoms with Crippen LogP contribution in [0.1, 0.15) is 20.3 Å². The molecular formula is C9H21N3O2. The SMILES string of the molecule is CC(CCO)CNCC(C)C(N)=NO. The van der Waals surface area contributed by atoms with E-state index in [9.17, 15) is 0 Å². The Labute approximate surface area is 85.0 Å². The average Bonchev–Trinajstić information content (AvgIpc) is 2.16. The first-order valence-corrected chi connectivity index (χ1v) is 4.90. The molecule has 5 N–H and O–H groups in total. The molecule has 0 aliphatic carbocycles. The minimum absolute atomic E-state index is 0.0290. The second-order valence-corrected chi connectivity index (χ2v) is 3.70. The molecule has 0 amide bonds. The molecule has 0 aromatic rings. The standard InChI is InChI=1S/C9H21N3O2/c1-7(3-4-13)5-11-6-8(2)9(10)12-14/h7-8,11,13-14H,3-6H2,1-2H3,(H2,10,12). The van der Waals surface area contributed by atoms with Crippen molar-refractivity contribution in [1.29, 1.82) is 0 Å². The Bertz CT molecular complexity index is 173. The van der Waals surface area contributed by atoms with Gasteiger partial charge in [0.25, 0.3) is 0 Å². The van der Waals surface area contributed by atoms with Crippen LogP contribution in [0.5, 0.6) is 0 Å². The van der Waals surface area contributed by atoms with Gasteiger partial charge >= 0.3 is 0 Å². The van der Waals surface area contributed by atoms with Crippen LogP contribution < -0.4 is 11.1 Å². The molecule has 14 heavy (non-hydrogen) atoms. The maximum atomic E-state index is 8.67. The highest BCUT2D eigenvalue weighted by molar-refractivity contribution is 5.82. The smallest absolute Gasteiger partial charge is 0.143 e. The number of aliphatic hydroxyl groups is 1. The molecule has 5 heteroatoms. The lowest BCUT2D eigenvalue weighted by Crippen LogP contribution is -2.33. The summed E-state index contributed by atoms with van der Waals surface area (Å²) < 4.78 is 0. The summed E-state index contributed by atoms with van der Waals surface area (Å²) in [4.78, 5) is 0. The van der Waals surface area contributed by atoms with Crippen molar-refractivity contribution < 1.29 is 10.3 Å². The summed E-state index contributed by atoms with van der Waals surface area (Å²) in [5.41, 5.74) is 5.41. The van der Waals surface area contributed by atoms with Crippen molar-refractivity contribution in [3.05, 3.63) is 0 Å². The predicted octanol–water partition coefficient (Wildman–Crippen LogP) is -0.0230. The van der Waals surface area contributed by atoms with Crippen LogP contribution in [0, 0.1) is 11.8 Å². The molecule has 0 radical (unpaired) electrons. The molecule has 0 spiro atoms. The zero-order valence-corrected chi connectivity index (χ0v) is 8.90. The highest BCUT2D eigenvalue weighted by Crippen LogP contribution is 1.99. The van der Waals surface area contributed by atoms with E-state index in [1.807, 2.05) is 6.92 Å². The zero-order chi connectivity index (χ0) is 11.0. The van der Waals surface area contributed by atoms with Crippen molar-refractivity contribution in [1.82, 2.24) is 5.32 Å². The molecule has 5 nitrogen and oxygen atoms in total. The lowest BCUT2D eigenvalue weighted by atomic mass is 10.1. The first-order valence-electron chi connectivity index (χ1n) is 4.90. The Hall–Kier alpha value is -0.810. The van der Waals surface area contributed by atoms with Crippen molar-refractivity contribution in [2.24, 2.45) is 22.7 Å². The molecule has 2 unspecified atom stereocenters. The Balaban J connectivity index is 3.53. The minimum Gasteiger partial charge on any atom is -0.409 e.